The van der Waals surface area contributed by atoms with Gasteiger partial charge in [0.25, 0.3) is 5.56 Å². The molecular formula is C23H20FN3O2S. The van der Waals surface area contributed by atoms with E-state index in [4.69, 9.17) is 0 Å². The van der Waals surface area contributed by atoms with Gasteiger partial charge in [0.1, 0.15) is 10.6 Å². The van der Waals surface area contributed by atoms with Crippen molar-refractivity contribution in [2.75, 3.05) is 5.32 Å². The fraction of sp³-hybridized carbons (Fsp3) is 0.174. The number of carbonyl (C=O) groups is 1. The largest absolute Gasteiger partial charge is 0.326 e. The summed E-state index contributed by atoms with van der Waals surface area (Å²) in [7, 11) is 0. The molecule has 2 aromatic carbocycles. The minimum atomic E-state index is -0.375. The standard InChI is InChI=1S/C23H20FN3O2S/c1-14-3-6-16(7-4-14)18-12-30-22-21(18)23(29)27(13-25-22)10-9-20(28)26-17-8-5-15(2)19(24)11-17/h3-8,11-13H,9-10H2,1-2H3,(H,26,28). The predicted molar refractivity (Wildman–Crippen MR) is 118 cm³/mol. The van der Waals surface area contributed by atoms with Crippen molar-refractivity contribution in [1.29, 1.82) is 0 Å². The molecule has 4 aromatic rings. The first kappa shape index (κ1) is 20.0. The second kappa shape index (κ2) is 8.20. The third-order valence-corrected chi connectivity index (χ3v) is 5.84. The summed E-state index contributed by atoms with van der Waals surface area (Å²) in [5.74, 6) is -0.672. The quantitative estimate of drug-likeness (QED) is 0.498. The van der Waals surface area contributed by atoms with Gasteiger partial charge in [-0.15, -0.1) is 11.3 Å². The zero-order valence-electron chi connectivity index (χ0n) is 16.6. The molecule has 0 aliphatic carbocycles. The van der Waals surface area contributed by atoms with Crippen molar-refractivity contribution >= 4 is 33.1 Å². The van der Waals surface area contributed by atoms with Crippen LogP contribution in [0.2, 0.25) is 0 Å². The van der Waals surface area contributed by atoms with Crippen molar-refractivity contribution in [1.82, 2.24) is 9.55 Å². The molecule has 7 heteroatoms. The third-order valence-electron chi connectivity index (χ3n) is 4.96. The zero-order valence-corrected chi connectivity index (χ0v) is 17.4. The molecule has 0 saturated heterocycles. The Bertz CT molecular complexity index is 1290. The maximum absolute atomic E-state index is 13.6. The first-order valence-electron chi connectivity index (χ1n) is 9.52. The highest BCUT2D eigenvalue weighted by Crippen LogP contribution is 2.30. The van der Waals surface area contributed by atoms with Crippen LogP contribution in [0.5, 0.6) is 0 Å². The van der Waals surface area contributed by atoms with E-state index in [2.05, 4.69) is 10.3 Å². The number of rotatable bonds is 5. The van der Waals surface area contributed by atoms with E-state index in [1.54, 1.807) is 19.1 Å². The zero-order chi connectivity index (χ0) is 21.3. The lowest BCUT2D eigenvalue weighted by molar-refractivity contribution is -0.116. The lowest BCUT2D eigenvalue weighted by Gasteiger charge is -2.08. The van der Waals surface area contributed by atoms with Crippen LogP contribution >= 0.6 is 11.3 Å². The van der Waals surface area contributed by atoms with Crippen LogP contribution in [0.1, 0.15) is 17.5 Å². The average Bonchev–Trinajstić information content (AvgIpc) is 3.16. The smallest absolute Gasteiger partial charge is 0.262 e. The second-order valence-electron chi connectivity index (χ2n) is 7.20. The molecule has 0 unspecified atom stereocenters. The van der Waals surface area contributed by atoms with Crippen LogP contribution in [-0.4, -0.2) is 15.5 Å². The van der Waals surface area contributed by atoms with Gasteiger partial charge in [-0.3, -0.25) is 14.2 Å². The van der Waals surface area contributed by atoms with Crippen molar-refractivity contribution in [2.24, 2.45) is 0 Å². The summed E-state index contributed by atoms with van der Waals surface area (Å²) >= 11 is 1.43. The summed E-state index contributed by atoms with van der Waals surface area (Å²) in [6.07, 6.45) is 1.55. The Morgan fingerprint density at radius 3 is 2.67 bits per heavy atom. The minimum Gasteiger partial charge on any atom is -0.326 e. The number of halogens is 1. The maximum atomic E-state index is 13.6. The number of anilines is 1. The van der Waals surface area contributed by atoms with E-state index in [1.807, 2.05) is 36.6 Å². The normalized spacial score (nSPS) is 11.0. The van der Waals surface area contributed by atoms with Gasteiger partial charge in [-0.25, -0.2) is 9.37 Å². The minimum absolute atomic E-state index is 0.0760. The molecule has 5 nitrogen and oxygen atoms in total. The molecule has 0 radical (unpaired) electrons. The van der Waals surface area contributed by atoms with E-state index >= 15 is 0 Å². The monoisotopic (exact) mass is 421 g/mol. The molecule has 0 aliphatic rings. The van der Waals surface area contributed by atoms with Crippen molar-refractivity contribution < 1.29 is 9.18 Å². The number of benzene rings is 2. The summed E-state index contributed by atoms with van der Waals surface area (Å²) < 4.78 is 15.1. The molecule has 1 amide bonds. The van der Waals surface area contributed by atoms with Crippen LogP contribution in [0, 0.1) is 19.7 Å². The number of aromatic nitrogens is 2. The van der Waals surface area contributed by atoms with Gasteiger partial charge in [0.05, 0.1) is 11.7 Å². The van der Waals surface area contributed by atoms with E-state index in [1.165, 1.54) is 28.3 Å². The molecule has 2 heterocycles. The molecule has 0 fully saturated rings. The first-order valence-corrected chi connectivity index (χ1v) is 10.4. The average molecular weight is 421 g/mol. The van der Waals surface area contributed by atoms with E-state index in [0.717, 1.165) is 16.7 Å². The van der Waals surface area contributed by atoms with Gasteiger partial charge < -0.3 is 5.32 Å². The van der Waals surface area contributed by atoms with Crippen LogP contribution in [0.3, 0.4) is 0 Å². The van der Waals surface area contributed by atoms with Crippen molar-refractivity contribution in [3.05, 3.63) is 81.5 Å². The van der Waals surface area contributed by atoms with Crippen LogP contribution in [0.4, 0.5) is 10.1 Å². The number of fused-ring (bicyclic) bond motifs is 1. The number of aryl methyl sites for hydroxylation is 3. The van der Waals surface area contributed by atoms with Crippen LogP contribution in [-0.2, 0) is 11.3 Å². The molecule has 152 valence electrons. The van der Waals surface area contributed by atoms with Gasteiger partial charge in [0.15, 0.2) is 0 Å². The van der Waals surface area contributed by atoms with E-state index < -0.39 is 0 Å². The lowest BCUT2D eigenvalue weighted by Crippen LogP contribution is -2.23. The number of hydrogen-bond donors (Lipinski definition) is 1. The molecule has 0 bridgehead atoms. The molecular weight excluding hydrogens is 401 g/mol. The topological polar surface area (TPSA) is 64.0 Å². The molecule has 30 heavy (non-hydrogen) atoms. The van der Waals surface area contributed by atoms with E-state index in [9.17, 15) is 14.0 Å². The van der Waals surface area contributed by atoms with Crippen LogP contribution in [0.15, 0.2) is 59.0 Å². The number of hydrogen-bond acceptors (Lipinski definition) is 4. The molecule has 4 rings (SSSR count). The fourth-order valence-corrected chi connectivity index (χ4v) is 4.10. The predicted octanol–water partition coefficient (Wildman–Crippen LogP) is 4.91. The van der Waals surface area contributed by atoms with E-state index in [0.29, 0.717) is 21.5 Å². The Labute approximate surface area is 176 Å². The number of amides is 1. The van der Waals surface area contributed by atoms with Crippen LogP contribution < -0.4 is 10.9 Å². The van der Waals surface area contributed by atoms with Crippen molar-refractivity contribution in [2.45, 2.75) is 26.8 Å². The molecule has 1 N–H and O–H groups in total. The number of nitrogens with one attached hydrogen (secondary N) is 1. The number of nitrogens with zero attached hydrogens (tertiary/aromatic N) is 2. The molecule has 0 saturated carbocycles. The highest BCUT2D eigenvalue weighted by Gasteiger charge is 2.14. The molecule has 0 aliphatic heterocycles. The Morgan fingerprint density at radius 2 is 1.93 bits per heavy atom. The van der Waals surface area contributed by atoms with Crippen molar-refractivity contribution in [3.63, 3.8) is 0 Å². The summed E-state index contributed by atoms with van der Waals surface area (Å²) in [6, 6.07) is 12.5. The molecule has 2 aromatic heterocycles. The molecule has 0 spiro atoms. The van der Waals surface area contributed by atoms with E-state index in [-0.39, 0.29) is 30.2 Å². The lowest BCUT2D eigenvalue weighted by atomic mass is 10.1. The summed E-state index contributed by atoms with van der Waals surface area (Å²) in [4.78, 5) is 30.4. The Kier molecular flexibility index (Phi) is 5.46. The van der Waals surface area contributed by atoms with Crippen molar-refractivity contribution in [3.8, 4) is 11.1 Å². The second-order valence-corrected chi connectivity index (χ2v) is 8.06. The summed E-state index contributed by atoms with van der Waals surface area (Å²) in [5.41, 5.74) is 3.69. The van der Waals surface area contributed by atoms with Gasteiger partial charge in [0.2, 0.25) is 5.91 Å². The number of thiophene rings is 1. The highest BCUT2D eigenvalue weighted by molar-refractivity contribution is 7.17. The highest BCUT2D eigenvalue weighted by atomic mass is 32.1. The maximum Gasteiger partial charge on any atom is 0.262 e. The van der Waals surface area contributed by atoms with Gasteiger partial charge in [-0.1, -0.05) is 35.9 Å². The summed E-state index contributed by atoms with van der Waals surface area (Å²) in [6.45, 7) is 3.86. The number of carbonyl (C=O) groups excluding carboxylic acids is 1. The SMILES string of the molecule is Cc1ccc(-c2csc3ncn(CCC(=O)Nc4ccc(C)c(F)c4)c(=O)c23)cc1. The fourth-order valence-electron chi connectivity index (χ4n) is 3.19. The molecule has 0 atom stereocenters. The first-order chi connectivity index (χ1) is 14.4. The van der Waals surface area contributed by atoms with Gasteiger partial charge in [0, 0.05) is 29.6 Å². The third kappa shape index (κ3) is 4.02. The summed E-state index contributed by atoms with van der Waals surface area (Å²) in [5, 5.41) is 5.16. The Balaban J connectivity index is 1.54. The van der Waals surface area contributed by atoms with Gasteiger partial charge in [-0.05, 0) is 37.1 Å². The van der Waals surface area contributed by atoms with Gasteiger partial charge >= 0.3 is 0 Å². The Hall–Kier alpha value is -3.32. The Morgan fingerprint density at radius 1 is 1.17 bits per heavy atom. The van der Waals surface area contributed by atoms with Gasteiger partial charge in [-0.2, -0.15) is 0 Å². The van der Waals surface area contributed by atoms with Crippen LogP contribution in [0.25, 0.3) is 21.3 Å².